The Morgan fingerprint density at radius 3 is 2.73 bits per heavy atom. The number of para-hydroxylation sites is 1. The largest absolute Gasteiger partial charge is 0.482 e. The predicted molar refractivity (Wildman–Crippen MR) is 99.9 cm³/mol. The maximum atomic E-state index is 12.1. The van der Waals surface area contributed by atoms with Crippen molar-refractivity contribution in [3.05, 3.63) is 65.7 Å². The van der Waals surface area contributed by atoms with Crippen molar-refractivity contribution in [3.63, 3.8) is 0 Å². The van der Waals surface area contributed by atoms with E-state index < -0.39 is 0 Å². The monoisotopic (exact) mass is 347 g/mol. The molecule has 26 heavy (non-hydrogen) atoms. The van der Waals surface area contributed by atoms with Gasteiger partial charge in [-0.05, 0) is 37.0 Å². The first-order valence-electron chi connectivity index (χ1n) is 8.80. The molecule has 2 aromatic carbocycles. The molecule has 2 aromatic rings. The van der Waals surface area contributed by atoms with Crippen LogP contribution in [-0.2, 0) is 4.79 Å². The molecule has 3 rings (SSSR count). The molecule has 1 N–H and O–H groups in total. The molecule has 1 aliphatic carbocycles. The minimum Gasteiger partial charge on any atom is -0.482 e. The van der Waals surface area contributed by atoms with Crippen molar-refractivity contribution in [1.29, 1.82) is 5.26 Å². The van der Waals surface area contributed by atoms with E-state index in [2.05, 4.69) is 22.7 Å². The van der Waals surface area contributed by atoms with Gasteiger partial charge in [0.05, 0.1) is 5.56 Å². The van der Waals surface area contributed by atoms with Crippen LogP contribution in [0.4, 0.5) is 0 Å². The van der Waals surface area contributed by atoms with Crippen LogP contribution in [-0.4, -0.2) is 18.2 Å². The molecule has 1 fully saturated rings. The van der Waals surface area contributed by atoms with E-state index in [1.165, 1.54) is 12.0 Å². The van der Waals surface area contributed by atoms with Gasteiger partial charge < -0.3 is 4.74 Å². The number of rotatable bonds is 5. The number of nitrogens with zero attached hydrogens (tertiary/aromatic N) is 2. The van der Waals surface area contributed by atoms with Gasteiger partial charge in [0.2, 0.25) is 0 Å². The summed E-state index contributed by atoms with van der Waals surface area (Å²) in [4.78, 5) is 12.1. The Morgan fingerprint density at radius 2 is 1.92 bits per heavy atom. The second-order valence-corrected chi connectivity index (χ2v) is 6.24. The van der Waals surface area contributed by atoms with Crippen LogP contribution >= 0.6 is 0 Å². The number of hydrazone groups is 1. The number of hydrogen-bond acceptors (Lipinski definition) is 4. The second-order valence-electron chi connectivity index (χ2n) is 6.24. The molecule has 1 atom stereocenters. The van der Waals surface area contributed by atoms with Gasteiger partial charge in [-0.25, -0.2) is 5.43 Å². The fourth-order valence-corrected chi connectivity index (χ4v) is 3.17. The third kappa shape index (κ3) is 4.48. The molecular weight excluding hydrogens is 326 g/mol. The molecule has 0 aliphatic heterocycles. The molecule has 5 nitrogen and oxygen atoms in total. The van der Waals surface area contributed by atoms with Gasteiger partial charge in [0.25, 0.3) is 5.91 Å². The number of nitriles is 1. The van der Waals surface area contributed by atoms with Crippen LogP contribution in [0.15, 0.2) is 59.7 Å². The summed E-state index contributed by atoms with van der Waals surface area (Å²) in [5.74, 6) is 0.325. The molecule has 0 heterocycles. The van der Waals surface area contributed by atoms with Gasteiger partial charge in [-0.1, -0.05) is 48.9 Å². The lowest BCUT2D eigenvalue weighted by atomic mass is 9.82. The summed E-state index contributed by atoms with van der Waals surface area (Å²) in [5.41, 5.74) is 5.25. The van der Waals surface area contributed by atoms with E-state index in [-0.39, 0.29) is 18.4 Å². The van der Waals surface area contributed by atoms with Crippen molar-refractivity contribution >= 4 is 11.6 Å². The van der Waals surface area contributed by atoms with Crippen LogP contribution < -0.4 is 10.2 Å². The Balaban J connectivity index is 1.60. The normalized spacial score (nSPS) is 18.1. The topological polar surface area (TPSA) is 74.5 Å². The van der Waals surface area contributed by atoms with Crippen molar-refractivity contribution in [3.8, 4) is 11.8 Å². The summed E-state index contributed by atoms with van der Waals surface area (Å²) in [5, 5.41) is 13.4. The molecule has 5 heteroatoms. The van der Waals surface area contributed by atoms with E-state index in [4.69, 9.17) is 10.00 Å². The quantitative estimate of drug-likeness (QED) is 0.837. The second kappa shape index (κ2) is 8.82. The maximum absolute atomic E-state index is 12.1. The van der Waals surface area contributed by atoms with E-state index in [1.54, 1.807) is 24.3 Å². The molecule has 1 saturated carbocycles. The minimum absolute atomic E-state index is 0.175. The van der Waals surface area contributed by atoms with Gasteiger partial charge in [0.1, 0.15) is 11.8 Å². The zero-order valence-corrected chi connectivity index (χ0v) is 14.5. The van der Waals surface area contributed by atoms with Crippen molar-refractivity contribution in [2.45, 2.75) is 31.6 Å². The number of amides is 1. The predicted octanol–water partition coefficient (Wildman–Crippen LogP) is 3.77. The minimum atomic E-state index is -0.331. The molecule has 0 radical (unpaired) electrons. The van der Waals surface area contributed by atoms with Gasteiger partial charge in [0, 0.05) is 11.6 Å². The fraction of sp³-hybridized carbons (Fsp3) is 0.286. The third-order valence-electron chi connectivity index (χ3n) is 4.47. The van der Waals surface area contributed by atoms with Crippen LogP contribution in [0, 0.1) is 11.3 Å². The molecule has 0 saturated heterocycles. The van der Waals surface area contributed by atoms with Crippen LogP contribution in [0.1, 0.15) is 42.7 Å². The first-order valence-corrected chi connectivity index (χ1v) is 8.80. The summed E-state index contributed by atoms with van der Waals surface area (Å²) >= 11 is 0. The van der Waals surface area contributed by atoms with E-state index in [0.717, 1.165) is 25.0 Å². The lowest BCUT2D eigenvalue weighted by molar-refractivity contribution is -0.123. The Hall–Kier alpha value is -3.13. The molecule has 132 valence electrons. The first kappa shape index (κ1) is 17.7. The third-order valence-corrected chi connectivity index (χ3v) is 4.47. The molecule has 1 amide bonds. The average Bonchev–Trinajstić information content (AvgIpc) is 2.71. The molecule has 0 unspecified atom stereocenters. The Kier molecular flexibility index (Phi) is 6.00. The van der Waals surface area contributed by atoms with Crippen LogP contribution in [0.2, 0.25) is 0 Å². The highest BCUT2D eigenvalue weighted by Gasteiger charge is 2.22. The Labute approximate surface area is 153 Å². The van der Waals surface area contributed by atoms with Crippen molar-refractivity contribution in [2.24, 2.45) is 5.10 Å². The van der Waals surface area contributed by atoms with Crippen LogP contribution in [0.5, 0.6) is 5.75 Å². The Bertz CT molecular complexity index is 825. The highest BCUT2D eigenvalue weighted by atomic mass is 16.5. The van der Waals surface area contributed by atoms with E-state index >= 15 is 0 Å². The van der Waals surface area contributed by atoms with E-state index in [0.29, 0.717) is 11.3 Å². The van der Waals surface area contributed by atoms with Crippen molar-refractivity contribution in [1.82, 2.24) is 5.43 Å². The first-order chi connectivity index (χ1) is 12.8. The number of benzene rings is 2. The van der Waals surface area contributed by atoms with Crippen molar-refractivity contribution in [2.75, 3.05) is 6.61 Å². The lowest BCUT2D eigenvalue weighted by Crippen LogP contribution is -2.28. The van der Waals surface area contributed by atoms with E-state index in [1.807, 2.05) is 24.3 Å². The number of carbonyl (C=O) groups excluding carboxylic acids is 1. The Morgan fingerprint density at radius 1 is 1.15 bits per heavy atom. The highest BCUT2D eigenvalue weighted by molar-refractivity contribution is 5.92. The van der Waals surface area contributed by atoms with Gasteiger partial charge in [-0.2, -0.15) is 10.4 Å². The summed E-state index contributed by atoms with van der Waals surface area (Å²) in [6.07, 6.45) is 4.19. The number of carbonyl (C=O) groups is 1. The summed E-state index contributed by atoms with van der Waals surface area (Å²) < 4.78 is 5.44. The van der Waals surface area contributed by atoms with Crippen LogP contribution in [0.3, 0.4) is 0 Å². The zero-order valence-electron chi connectivity index (χ0n) is 14.5. The molecular formula is C21H21N3O2. The number of nitrogens with one attached hydrogen (secondary N) is 1. The summed E-state index contributed by atoms with van der Waals surface area (Å²) in [6.45, 7) is -0.175. The molecule has 0 bridgehead atoms. The molecule has 0 aromatic heterocycles. The highest BCUT2D eigenvalue weighted by Crippen LogP contribution is 2.30. The summed E-state index contributed by atoms with van der Waals surface area (Å²) in [7, 11) is 0. The average molecular weight is 347 g/mol. The zero-order chi connectivity index (χ0) is 18.2. The molecule has 0 spiro atoms. The number of hydrogen-bond donors (Lipinski definition) is 1. The van der Waals surface area contributed by atoms with Crippen molar-refractivity contribution < 1.29 is 9.53 Å². The van der Waals surface area contributed by atoms with Gasteiger partial charge >= 0.3 is 0 Å². The molecule has 1 aliphatic rings. The van der Waals surface area contributed by atoms with E-state index in [9.17, 15) is 4.79 Å². The lowest BCUT2D eigenvalue weighted by Gasteiger charge is -2.24. The smallest absolute Gasteiger partial charge is 0.277 e. The standard InChI is InChI=1S/C21H21N3O2/c22-14-17-10-4-7-13-20(17)26-15-21(25)24-23-19-12-6-5-11-18(19)16-8-2-1-3-9-16/h1-4,7-10,13,18H,5-6,11-12,15H2,(H,24,25)/t18-/m0/s1. The van der Waals surface area contributed by atoms with Gasteiger partial charge in [-0.3, -0.25) is 4.79 Å². The number of ether oxygens (including phenoxy) is 1. The van der Waals surface area contributed by atoms with Gasteiger partial charge in [-0.15, -0.1) is 0 Å². The maximum Gasteiger partial charge on any atom is 0.277 e. The van der Waals surface area contributed by atoms with Crippen LogP contribution in [0.25, 0.3) is 0 Å². The summed E-state index contributed by atoms with van der Waals surface area (Å²) in [6, 6.07) is 19.2. The fourth-order valence-electron chi connectivity index (χ4n) is 3.17. The van der Waals surface area contributed by atoms with Gasteiger partial charge in [0.15, 0.2) is 6.61 Å². The SMILES string of the molecule is N#Cc1ccccc1OCC(=O)NN=C1CCCC[C@H]1c1ccccc1.